The first-order chi connectivity index (χ1) is 10.5. The van der Waals surface area contributed by atoms with Gasteiger partial charge in [-0.25, -0.2) is 0 Å². The summed E-state index contributed by atoms with van der Waals surface area (Å²) in [5.74, 6) is 0.870. The highest BCUT2D eigenvalue weighted by Gasteiger charge is 2.11. The number of halogens is 1. The standard InChI is InChI=1S/C14H16BrN3O2S2/c1-9-6-10(15)2-3-11(9)18-12(19)7-17-13(20)8-22-14-16-4-5-21-14/h2-3,6H,4-5,7-8H2,1H3,(H,17,20)(H,18,19). The summed E-state index contributed by atoms with van der Waals surface area (Å²) in [7, 11) is 0. The van der Waals surface area contributed by atoms with Gasteiger partial charge in [0.1, 0.15) is 4.38 Å². The van der Waals surface area contributed by atoms with Crippen molar-refractivity contribution in [3.05, 3.63) is 28.2 Å². The molecule has 0 unspecified atom stereocenters. The van der Waals surface area contributed by atoms with E-state index in [1.54, 1.807) is 11.8 Å². The monoisotopic (exact) mass is 401 g/mol. The van der Waals surface area contributed by atoms with Gasteiger partial charge in [0.2, 0.25) is 11.8 Å². The van der Waals surface area contributed by atoms with E-state index in [1.165, 1.54) is 11.8 Å². The highest BCUT2D eigenvalue weighted by Crippen LogP contribution is 2.21. The predicted octanol–water partition coefficient (Wildman–Crippen LogP) is 2.65. The van der Waals surface area contributed by atoms with Crippen molar-refractivity contribution in [1.82, 2.24) is 5.32 Å². The summed E-state index contributed by atoms with van der Waals surface area (Å²) in [5, 5.41) is 5.39. The average Bonchev–Trinajstić information content (AvgIpc) is 2.99. The molecule has 0 fully saturated rings. The number of carbonyl (C=O) groups excluding carboxylic acids is 2. The Balaban J connectivity index is 1.71. The van der Waals surface area contributed by atoms with Crippen molar-refractivity contribution in [1.29, 1.82) is 0 Å². The minimum absolute atomic E-state index is 0.0332. The Labute approximate surface area is 146 Å². The quantitative estimate of drug-likeness (QED) is 0.795. The first kappa shape index (κ1) is 17.4. The van der Waals surface area contributed by atoms with E-state index in [-0.39, 0.29) is 24.1 Å². The molecule has 2 rings (SSSR count). The number of aliphatic imine (C=N–C) groups is 1. The molecule has 0 spiro atoms. The van der Waals surface area contributed by atoms with Gasteiger partial charge < -0.3 is 10.6 Å². The summed E-state index contributed by atoms with van der Waals surface area (Å²) in [6.45, 7) is 2.70. The van der Waals surface area contributed by atoms with Gasteiger partial charge in [-0.15, -0.1) is 0 Å². The van der Waals surface area contributed by atoms with E-state index >= 15 is 0 Å². The van der Waals surface area contributed by atoms with Gasteiger partial charge in [-0.1, -0.05) is 39.5 Å². The van der Waals surface area contributed by atoms with Crippen LogP contribution in [0.1, 0.15) is 5.56 Å². The van der Waals surface area contributed by atoms with Gasteiger partial charge >= 0.3 is 0 Å². The van der Waals surface area contributed by atoms with Crippen LogP contribution in [0.2, 0.25) is 0 Å². The lowest BCUT2D eigenvalue weighted by molar-refractivity contribution is -0.122. The molecule has 1 aromatic rings. The molecule has 1 heterocycles. The molecular weight excluding hydrogens is 386 g/mol. The zero-order chi connectivity index (χ0) is 15.9. The largest absolute Gasteiger partial charge is 0.346 e. The molecule has 0 saturated heterocycles. The molecule has 1 aliphatic rings. The highest BCUT2D eigenvalue weighted by molar-refractivity contribution is 9.10. The maximum atomic E-state index is 11.8. The molecule has 1 aliphatic heterocycles. The van der Waals surface area contributed by atoms with Gasteiger partial charge in [-0.2, -0.15) is 0 Å². The first-order valence-corrected chi connectivity index (χ1v) is 9.44. The van der Waals surface area contributed by atoms with Crippen molar-refractivity contribution in [2.75, 3.05) is 29.9 Å². The van der Waals surface area contributed by atoms with Crippen LogP contribution < -0.4 is 10.6 Å². The lowest BCUT2D eigenvalue weighted by Crippen LogP contribution is -2.34. The topological polar surface area (TPSA) is 70.6 Å². The van der Waals surface area contributed by atoms with Crippen LogP contribution in [0.5, 0.6) is 0 Å². The van der Waals surface area contributed by atoms with E-state index in [4.69, 9.17) is 0 Å². The fourth-order valence-corrected chi connectivity index (χ4v) is 4.04. The molecule has 22 heavy (non-hydrogen) atoms. The maximum Gasteiger partial charge on any atom is 0.243 e. The van der Waals surface area contributed by atoms with E-state index < -0.39 is 0 Å². The van der Waals surface area contributed by atoms with Gasteiger partial charge in [0.25, 0.3) is 0 Å². The van der Waals surface area contributed by atoms with E-state index in [1.807, 2.05) is 25.1 Å². The van der Waals surface area contributed by atoms with E-state index in [2.05, 4.69) is 31.6 Å². The molecule has 2 N–H and O–H groups in total. The second kappa shape index (κ2) is 8.59. The van der Waals surface area contributed by atoms with Crippen LogP contribution in [0.3, 0.4) is 0 Å². The zero-order valence-corrected chi connectivity index (χ0v) is 15.2. The van der Waals surface area contributed by atoms with Gasteiger partial charge in [0.15, 0.2) is 0 Å². The number of amides is 2. The van der Waals surface area contributed by atoms with Crippen LogP contribution in [0.15, 0.2) is 27.7 Å². The Morgan fingerprint density at radius 1 is 1.41 bits per heavy atom. The van der Waals surface area contributed by atoms with Crippen molar-refractivity contribution in [2.24, 2.45) is 4.99 Å². The molecule has 5 nitrogen and oxygen atoms in total. The van der Waals surface area contributed by atoms with Crippen LogP contribution in [-0.2, 0) is 9.59 Å². The van der Waals surface area contributed by atoms with Crippen LogP contribution in [0.4, 0.5) is 5.69 Å². The van der Waals surface area contributed by atoms with Crippen LogP contribution >= 0.6 is 39.5 Å². The van der Waals surface area contributed by atoms with Crippen LogP contribution in [0, 0.1) is 6.92 Å². The molecule has 0 bridgehead atoms. The lowest BCUT2D eigenvalue weighted by atomic mass is 10.2. The Hall–Kier alpha value is -0.990. The highest BCUT2D eigenvalue weighted by atomic mass is 79.9. The van der Waals surface area contributed by atoms with E-state index in [0.29, 0.717) is 0 Å². The molecular formula is C14H16BrN3O2S2. The second-order valence-corrected chi connectivity index (χ2v) is 7.79. The van der Waals surface area contributed by atoms with Gasteiger partial charge in [-0.3, -0.25) is 14.6 Å². The number of benzene rings is 1. The summed E-state index contributed by atoms with van der Waals surface area (Å²) in [6.07, 6.45) is 0. The van der Waals surface area contributed by atoms with E-state index in [0.717, 1.165) is 32.4 Å². The van der Waals surface area contributed by atoms with Crippen LogP contribution in [0.25, 0.3) is 0 Å². The Kier molecular flexibility index (Phi) is 6.78. The smallest absolute Gasteiger partial charge is 0.243 e. The third kappa shape index (κ3) is 5.66. The first-order valence-electron chi connectivity index (χ1n) is 6.67. The molecule has 0 aromatic heterocycles. The predicted molar refractivity (Wildman–Crippen MR) is 97.7 cm³/mol. The number of thioether (sulfide) groups is 2. The van der Waals surface area contributed by atoms with Gasteiger partial charge in [-0.05, 0) is 30.7 Å². The Bertz CT molecular complexity index is 608. The maximum absolute atomic E-state index is 11.8. The molecule has 0 radical (unpaired) electrons. The van der Waals surface area contributed by atoms with E-state index in [9.17, 15) is 9.59 Å². The van der Waals surface area contributed by atoms with Crippen molar-refractivity contribution in [2.45, 2.75) is 6.92 Å². The summed E-state index contributed by atoms with van der Waals surface area (Å²) in [6, 6.07) is 5.60. The molecule has 0 aliphatic carbocycles. The fraction of sp³-hybridized carbons (Fsp3) is 0.357. The SMILES string of the molecule is Cc1cc(Br)ccc1NC(=O)CNC(=O)CSC1=NCCS1. The molecule has 8 heteroatoms. The Morgan fingerprint density at radius 3 is 2.91 bits per heavy atom. The van der Waals surface area contributed by atoms with Gasteiger partial charge in [0, 0.05) is 15.9 Å². The molecule has 1 aromatic carbocycles. The minimum atomic E-state index is -0.239. The van der Waals surface area contributed by atoms with Crippen molar-refractivity contribution in [3.8, 4) is 0 Å². The number of hydrogen-bond acceptors (Lipinski definition) is 5. The Morgan fingerprint density at radius 2 is 2.23 bits per heavy atom. The number of nitrogens with zero attached hydrogens (tertiary/aromatic N) is 1. The number of anilines is 1. The number of carbonyl (C=O) groups is 2. The molecule has 0 atom stereocenters. The number of aryl methyl sites for hydroxylation is 1. The molecule has 2 amide bonds. The molecule has 0 saturated carbocycles. The average molecular weight is 402 g/mol. The summed E-state index contributed by atoms with van der Waals surface area (Å²) < 4.78 is 1.91. The summed E-state index contributed by atoms with van der Waals surface area (Å²) in [5.41, 5.74) is 1.70. The number of nitrogens with one attached hydrogen (secondary N) is 2. The second-order valence-electron chi connectivity index (χ2n) is 4.57. The molecule has 118 valence electrons. The van der Waals surface area contributed by atoms with Gasteiger partial charge in [0.05, 0.1) is 18.8 Å². The van der Waals surface area contributed by atoms with Crippen molar-refractivity contribution in [3.63, 3.8) is 0 Å². The summed E-state index contributed by atoms with van der Waals surface area (Å²) in [4.78, 5) is 27.8. The zero-order valence-electron chi connectivity index (χ0n) is 12.0. The van der Waals surface area contributed by atoms with Crippen LogP contribution in [-0.4, -0.2) is 40.8 Å². The lowest BCUT2D eigenvalue weighted by Gasteiger charge is -2.09. The third-order valence-corrected chi connectivity index (χ3v) is 5.54. The third-order valence-electron chi connectivity index (χ3n) is 2.79. The number of rotatable bonds is 5. The normalized spacial score (nSPS) is 13.6. The fourth-order valence-electron chi connectivity index (χ4n) is 1.72. The number of hydrogen-bond donors (Lipinski definition) is 2. The summed E-state index contributed by atoms with van der Waals surface area (Å²) >= 11 is 6.45. The minimum Gasteiger partial charge on any atom is -0.346 e. The van der Waals surface area contributed by atoms with Crippen molar-refractivity contribution < 1.29 is 9.59 Å². The van der Waals surface area contributed by atoms with Crippen molar-refractivity contribution >= 4 is 61.3 Å².